The van der Waals surface area contributed by atoms with Crippen LogP contribution < -0.4 is 19.1 Å². The Labute approximate surface area is 226 Å². The van der Waals surface area contributed by atoms with Crippen molar-refractivity contribution in [3.8, 4) is 17.2 Å². The number of carbonyl (C=O) groups is 2. The second kappa shape index (κ2) is 9.39. The van der Waals surface area contributed by atoms with Gasteiger partial charge in [-0.3, -0.25) is 14.5 Å². The van der Waals surface area contributed by atoms with Gasteiger partial charge in [0.1, 0.15) is 23.4 Å². The maximum absolute atomic E-state index is 13.9. The van der Waals surface area contributed by atoms with E-state index >= 15 is 0 Å². The van der Waals surface area contributed by atoms with Crippen LogP contribution in [0.4, 0.5) is 9.52 Å². The van der Waals surface area contributed by atoms with Crippen LogP contribution in [0.25, 0.3) is 16.0 Å². The Bertz CT molecular complexity index is 1700. The molecule has 1 fully saturated rings. The van der Waals surface area contributed by atoms with Crippen molar-refractivity contribution in [2.24, 2.45) is 0 Å². The summed E-state index contributed by atoms with van der Waals surface area (Å²) in [5.74, 6) is -0.900. The predicted molar refractivity (Wildman–Crippen MR) is 144 cm³/mol. The molecule has 1 N–H and O–H groups in total. The average molecular weight is 547 g/mol. The van der Waals surface area contributed by atoms with Gasteiger partial charge in [-0.1, -0.05) is 17.4 Å². The van der Waals surface area contributed by atoms with Gasteiger partial charge < -0.3 is 19.3 Å². The van der Waals surface area contributed by atoms with E-state index in [1.54, 1.807) is 36.4 Å². The van der Waals surface area contributed by atoms with Gasteiger partial charge in [0.25, 0.3) is 5.78 Å². The van der Waals surface area contributed by atoms with E-state index in [0.717, 1.165) is 22.6 Å². The number of ketones is 1. The predicted octanol–water partition coefficient (Wildman–Crippen LogP) is 5.40. The quantitative estimate of drug-likeness (QED) is 0.203. The van der Waals surface area contributed by atoms with Crippen molar-refractivity contribution >= 4 is 44.1 Å². The third kappa shape index (κ3) is 4.08. The Kier molecular flexibility index (Phi) is 5.99. The smallest absolute Gasteiger partial charge is 0.301 e. The van der Waals surface area contributed by atoms with Crippen LogP contribution in [-0.4, -0.2) is 42.1 Å². The third-order valence-corrected chi connectivity index (χ3v) is 7.90. The molecule has 0 spiro atoms. The lowest BCUT2D eigenvalue weighted by atomic mass is 9.94. The van der Waals surface area contributed by atoms with Gasteiger partial charge in [-0.2, -0.15) is 0 Å². The average Bonchev–Trinajstić information content (AvgIpc) is 3.59. The molecular weight excluding hydrogens is 523 g/mol. The number of nitrogens with zero attached hydrogens (tertiary/aromatic N) is 2. The molecule has 4 aromatic rings. The SMILES string of the molecule is COc1ccc(C2C(=C(O)c3ccc4c(c3)CC(C)O4)C(=O)C(=O)N2c2nc3ccc(F)cc3s2)cc1OC. The highest BCUT2D eigenvalue weighted by Gasteiger charge is 2.48. The number of ether oxygens (including phenoxy) is 3. The molecule has 10 heteroatoms. The van der Waals surface area contributed by atoms with E-state index < -0.39 is 23.5 Å². The van der Waals surface area contributed by atoms with Gasteiger partial charge in [-0.15, -0.1) is 0 Å². The van der Waals surface area contributed by atoms with Crippen LogP contribution in [0.5, 0.6) is 17.2 Å². The van der Waals surface area contributed by atoms with E-state index in [0.29, 0.717) is 39.3 Å². The van der Waals surface area contributed by atoms with Gasteiger partial charge >= 0.3 is 5.91 Å². The molecule has 198 valence electrons. The van der Waals surface area contributed by atoms with Crippen molar-refractivity contribution in [3.05, 3.63) is 82.7 Å². The lowest BCUT2D eigenvalue weighted by Gasteiger charge is -2.23. The number of thiazole rings is 1. The minimum atomic E-state index is -1.03. The number of fused-ring (bicyclic) bond motifs is 2. The number of Topliss-reactive ketones (excluding diaryl/α,β-unsaturated/α-hetero) is 1. The number of aliphatic hydroxyl groups is 1. The van der Waals surface area contributed by atoms with Gasteiger partial charge in [-0.05, 0) is 66.6 Å². The highest BCUT2D eigenvalue weighted by atomic mass is 32.1. The summed E-state index contributed by atoms with van der Waals surface area (Å²) in [6.07, 6.45) is 0.658. The second-order valence-corrected chi connectivity index (χ2v) is 10.4. The summed E-state index contributed by atoms with van der Waals surface area (Å²) in [5, 5.41) is 11.7. The zero-order valence-electron chi connectivity index (χ0n) is 21.2. The van der Waals surface area contributed by atoms with E-state index in [9.17, 15) is 19.1 Å². The molecule has 3 heterocycles. The maximum atomic E-state index is 13.9. The lowest BCUT2D eigenvalue weighted by molar-refractivity contribution is -0.132. The van der Waals surface area contributed by atoms with Crippen LogP contribution in [-0.2, 0) is 16.0 Å². The minimum absolute atomic E-state index is 0.00128. The Hall–Kier alpha value is -4.44. The second-order valence-electron chi connectivity index (χ2n) is 9.35. The van der Waals surface area contributed by atoms with Crippen LogP contribution in [0, 0.1) is 5.82 Å². The minimum Gasteiger partial charge on any atom is -0.507 e. The van der Waals surface area contributed by atoms with E-state index in [1.807, 2.05) is 6.92 Å². The van der Waals surface area contributed by atoms with Crippen molar-refractivity contribution in [1.82, 2.24) is 4.98 Å². The topological polar surface area (TPSA) is 98.2 Å². The first-order chi connectivity index (χ1) is 18.8. The van der Waals surface area contributed by atoms with E-state index in [1.165, 1.54) is 37.3 Å². The number of amides is 1. The summed E-state index contributed by atoms with van der Waals surface area (Å²) in [7, 11) is 2.98. The maximum Gasteiger partial charge on any atom is 0.301 e. The Balaban J connectivity index is 1.55. The van der Waals surface area contributed by atoms with Crippen molar-refractivity contribution in [2.45, 2.75) is 25.5 Å². The summed E-state index contributed by atoms with van der Waals surface area (Å²) in [5.41, 5.74) is 2.18. The number of anilines is 1. The van der Waals surface area contributed by atoms with Crippen LogP contribution >= 0.6 is 11.3 Å². The van der Waals surface area contributed by atoms with Gasteiger partial charge in [0.2, 0.25) is 0 Å². The molecule has 8 nitrogen and oxygen atoms in total. The molecule has 0 saturated carbocycles. The highest BCUT2D eigenvalue weighted by Crippen LogP contribution is 2.46. The zero-order valence-corrected chi connectivity index (χ0v) is 22.0. The molecule has 0 bridgehead atoms. The first-order valence-electron chi connectivity index (χ1n) is 12.2. The standard InChI is InChI=1S/C29H23FN2O6S/c1-14-10-17-11-16(5-8-20(17)38-14)26(33)24-25(15-4-9-21(36-2)22(12-15)37-3)32(28(35)27(24)34)29-31-19-7-6-18(30)13-23(19)39-29/h4-9,11-14,25,33H,10H2,1-3H3. The summed E-state index contributed by atoms with van der Waals surface area (Å²) < 4.78 is 31.0. The van der Waals surface area contributed by atoms with Crippen LogP contribution in [0.1, 0.15) is 29.7 Å². The number of hydrogen-bond acceptors (Lipinski definition) is 8. The molecule has 2 aliphatic heterocycles. The first kappa shape index (κ1) is 24.9. The number of aromatic nitrogens is 1. The molecule has 1 amide bonds. The van der Waals surface area contributed by atoms with Crippen molar-refractivity contribution in [2.75, 3.05) is 19.1 Å². The zero-order chi connectivity index (χ0) is 27.4. The molecule has 0 radical (unpaired) electrons. The summed E-state index contributed by atoms with van der Waals surface area (Å²) in [4.78, 5) is 32.9. The lowest BCUT2D eigenvalue weighted by Crippen LogP contribution is -2.29. The van der Waals surface area contributed by atoms with Crippen molar-refractivity contribution in [1.29, 1.82) is 0 Å². The summed E-state index contributed by atoms with van der Waals surface area (Å²) in [6.45, 7) is 1.95. The fourth-order valence-electron chi connectivity index (χ4n) is 5.08. The van der Waals surface area contributed by atoms with Crippen molar-refractivity contribution in [3.63, 3.8) is 0 Å². The fourth-order valence-corrected chi connectivity index (χ4v) is 6.10. The van der Waals surface area contributed by atoms with Crippen LogP contribution in [0.2, 0.25) is 0 Å². The third-order valence-electron chi connectivity index (χ3n) is 6.88. The molecule has 2 atom stereocenters. The summed E-state index contributed by atoms with van der Waals surface area (Å²) in [6, 6.07) is 13.3. The van der Waals surface area contributed by atoms with Gasteiger partial charge in [0.15, 0.2) is 16.6 Å². The molecule has 0 aliphatic carbocycles. The number of aliphatic hydroxyl groups excluding tert-OH is 1. The highest BCUT2D eigenvalue weighted by molar-refractivity contribution is 7.22. The van der Waals surface area contributed by atoms with Gasteiger partial charge in [0.05, 0.1) is 36.1 Å². The molecule has 3 aromatic carbocycles. The monoisotopic (exact) mass is 546 g/mol. The Morgan fingerprint density at radius 1 is 1.08 bits per heavy atom. The van der Waals surface area contributed by atoms with E-state index in [2.05, 4.69) is 4.98 Å². The normalized spacial score (nSPS) is 19.8. The van der Waals surface area contributed by atoms with E-state index in [4.69, 9.17) is 14.2 Å². The molecule has 2 unspecified atom stereocenters. The molecule has 1 aromatic heterocycles. The number of benzene rings is 3. The number of methoxy groups -OCH3 is 2. The number of carbonyl (C=O) groups excluding carboxylic acids is 2. The molecule has 6 rings (SSSR count). The van der Waals surface area contributed by atoms with E-state index in [-0.39, 0.29) is 22.6 Å². The van der Waals surface area contributed by atoms with Crippen LogP contribution in [0.3, 0.4) is 0 Å². The number of rotatable bonds is 5. The number of halogens is 1. The van der Waals surface area contributed by atoms with Crippen molar-refractivity contribution < 1.29 is 33.3 Å². The number of hydrogen-bond donors (Lipinski definition) is 1. The molecular formula is C29H23FN2O6S. The summed E-state index contributed by atoms with van der Waals surface area (Å²) >= 11 is 1.08. The Morgan fingerprint density at radius 2 is 1.87 bits per heavy atom. The Morgan fingerprint density at radius 3 is 2.64 bits per heavy atom. The van der Waals surface area contributed by atoms with Crippen LogP contribution in [0.15, 0.2) is 60.2 Å². The van der Waals surface area contributed by atoms with Gasteiger partial charge in [0, 0.05) is 12.0 Å². The largest absolute Gasteiger partial charge is 0.507 e. The molecule has 1 saturated heterocycles. The fraction of sp³-hybridized carbons (Fsp3) is 0.207. The molecule has 2 aliphatic rings. The first-order valence-corrected chi connectivity index (χ1v) is 13.0. The van der Waals surface area contributed by atoms with Gasteiger partial charge in [-0.25, -0.2) is 9.37 Å². The molecule has 39 heavy (non-hydrogen) atoms.